The molecule has 0 aliphatic heterocycles. The lowest BCUT2D eigenvalue weighted by atomic mass is 10.2. The van der Waals surface area contributed by atoms with Crippen LogP contribution in [0.2, 0.25) is 0 Å². The fourth-order valence-corrected chi connectivity index (χ4v) is 3.58. The lowest BCUT2D eigenvalue weighted by molar-refractivity contribution is 0.417. The van der Waals surface area contributed by atoms with Crippen molar-refractivity contribution in [1.29, 1.82) is 0 Å². The third kappa shape index (κ3) is 4.57. The standard InChI is InChI=1S/C20H21N3O3S/c1-3-15-8-11-17(12-9-15)27(24,25)23-16-10-13-20(21-14-16)22-18-6-4-5-7-19(18)26-2/h4-14,23H,3H2,1-2H3,(H,21,22). The molecule has 6 nitrogen and oxygen atoms in total. The molecule has 0 unspecified atom stereocenters. The molecule has 0 fully saturated rings. The molecule has 0 bridgehead atoms. The molecule has 27 heavy (non-hydrogen) atoms. The maximum Gasteiger partial charge on any atom is 0.261 e. The summed E-state index contributed by atoms with van der Waals surface area (Å²) in [6, 6.07) is 17.7. The molecule has 0 spiro atoms. The van der Waals surface area contributed by atoms with Crippen molar-refractivity contribution in [1.82, 2.24) is 4.98 Å². The van der Waals surface area contributed by atoms with Crippen LogP contribution in [0.15, 0.2) is 71.8 Å². The van der Waals surface area contributed by atoms with Crippen molar-refractivity contribution >= 4 is 27.2 Å². The average molecular weight is 383 g/mol. The summed E-state index contributed by atoms with van der Waals surface area (Å²) in [5.74, 6) is 1.27. The van der Waals surface area contributed by atoms with Gasteiger partial charge in [0, 0.05) is 0 Å². The zero-order chi connectivity index (χ0) is 19.3. The van der Waals surface area contributed by atoms with Gasteiger partial charge in [0.1, 0.15) is 11.6 Å². The molecule has 3 rings (SSSR count). The van der Waals surface area contributed by atoms with Gasteiger partial charge in [-0.3, -0.25) is 4.72 Å². The van der Waals surface area contributed by atoms with Crippen molar-refractivity contribution < 1.29 is 13.2 Å². The summed E-state index contributed by atoms with van der Waals surface area (Å²) < 4.78 is 32.8. The van der Waals surface area contributed by atoms with Crippen LogP contribution in [0.5, 0.6) is 5.75 Å². The highest BCUT2D eigenvalue weighted by Crippen LogP contribution is 2.26. The van der Waals surface area contributed by atoms with E-state index in [1.54, 1.807) is 31.4 Å². The predicted octanol–water partition coefficient (Wildman–Crippen LogP) is 4.20. The average Bonchev–Trinajstić information content (AvgIpc) is 2.70. The Kier molecular flexibility index (Phi) is 5.61. The highest BCUT2D eigenvalue weighted by atomic mass is 32.2. The molecule has 0 radical (unpaired) electrons. The molecule has 0 aliphatic carbocycles. The number of sulfonamides is 1. The molecule has 1 heterocycles. The third-order valence-electron chi connectivity index (χ3n) is 4.03. The monoisotopic (exact) mass is 383 g/mol. The predicted molar refractivity (Wildman–Crippen MR) is 107 cm³/mol. The zero-order valence-corrected chi connectivity index (χ0v) is 16.0. The van der Waals surface area contributed by atoms with Crippen molar-refractivity contribution in [3.8, 4) is 5.75 Å². The highest BCUT2D eigenvalue weighted by Gasteiger charge is 2.14. The Morgan fingerprint density at radius 2 is 1.74 bits per heavy atom. The number of benzene rings is 2. The molecule has 140 valence electrons. The molecule has 0 saturated carbocycles. The van der Waals surface area contributed by atoms with Crippen LogP contribution in [0.3, 0.4) is 0 Å². The zero-order valence-electron chi connectivity index (χ0n) is 15.1. The second kappa shape index (κ2) is 8.09. The van der Waals surface area contributed by atoms with Gasteiger partial charge in [0.15, 0.2) is 0 Å². The van der Waals surface area contributed by atoms with Crippen LogP contribution in [0.4, 0.5) is 17.2 Å². The number of hydrogen-bond donors (Lipinski definition) is 2. The maximum absolute atomic E-state index is 12.5. The number of anilines is 3. The Morgan fingerprint density at radius 3 is 2.37 bits per heavy atom. The van der Waals surface area contributed by atoms with Crippen molar-refractivity contribution in [2.45, 2.75) is 18.2 Å². The number of ether oxygens (including phenoxy) is 1. The highest BCUT2D eigenvalue weighted by molar-refractivity contribution is 7.92. The van der Waals surface area contributed by atoms with E-state index in [1.165, 1.54) is 6.20 Å². The Balaban J connectivity index is 1.73. The molecule has 0 amide bonds. The van der Waals surface area contributed by atoms with Crippen molar-refractivity contribution in [2.24, 2.45) is 0 Å². The van der Waals surface area contributed by atoms with Crippen molar-refractivity contribution in [3.63, 3.8) is 0 Å². The number of nitrogens with zero attached hydrogens (tertiary/aromatic N) is 1. The fraction of sp³-hybridized carbons (Fsp3) is 0.150. The van der Waals surface area contributed by atoms with E-state index in [2.05, 4.69) is 15.0 Å². The van der Waals surface area contributed by atoms with Crippen LogP contribution in [-0.2, 0) is 16.4 Å². The number of aryl methyl sites for hydroxylation is 1. The van der Waals surface area contributed by atoms with Crippen LogP contribution in [0.25, 0.3) is 0 Å². The number of hydrogen-bond acceptors (Lipinski definition) is 5. The van der Waals surface area contributed by atoms with E-state index in [0.717, 1.165) is 17.7 Å². The maximum atomic E-state index is 12.5. The summed E-state index contributed by atoms with van der Waals surface area (Å²) in [6.07, 6.45) is 2.33. The van der Waals surface area contributed by atoms with Crippen LogP contribution in [-0.4, -0.2) is 20.5 Å². The molecule has 2 aromatic carbocycles. The van der Waals surface area contributed by atoms with Gasteiger partial charge in [0.2, 0.25) is 0 Å². The van der Waals surface area contributed by atoms with Gasteiger partial charge < -0.3 is 10.1 Å². The number of rotatable bonds is 7. The Bertz CT molecular complexity index is 1000. The lowest BCUT2D eigenvalue weighted by Crippen LogP contribution is -2.13. The summed E-state index contributed by atoms with van der Waals surface area (Å²) in [7, 11) is -2.06. The first-order valence-corrected chi connectivity index (χ1v) is 9.98. The summed E-state index contributed by atoms with van der Waals surface area (Å²) in [4.78, 5) is 4.48. The minimum absolute atomic E-state index is 0.218. The Labute approximate surface area is 159 Å². The van der Waals surface area contributed by atoms with Gasteiger partial charge in [-0.15, -0.1) is 0 Å². The van der Waals surface area contributed by atoms with E-state index in [-0.39, 0.29) is 4.90 Å². The normalized spacial score (nSPS) is 11.0. The summed E-state index contributed by atoms with van der Waals surface area (Å²) in [6.45, 7) is 2.02. The molecule has 0 saturated heterocycles. The fourth-order valence-electron chi connectivity index (χ4n) is 2.53. The van der Waals surface area contributed by atoms with Crippen LogP contribution in [0.1, 0.15) is 12.5 Å². The van der Waals surface area contributed by atoms with Gasteiger partial charge in [-0.2, -0.15) is 0 Å². The SMILES string of the molecule is CCc1ccc(S(=O)(=O)Nc2ccc(Nc3ccccc3OC)nc2)cc1. The van der Waals surface area contributed by atoms with Crippen LogP contribution >= 0.6 is 0 Å². The molecule has 2 N–H and O–H groups in total. The van der Waals surface area contributed by atoms with E-state index in [1.807, 2.05) is 43.3 Å². The first-order valence-electron chi connectivity index (χ1n) is 8.49. The van der Waals surface area contributed by atoms with Gasteiger partial charge in [-0.1, -0.05) is 31.2 Å². The smallest absolute Gasteiger partial charge is 0.261 e. The molecule has 7 heteroatoms. The van der Waals surface area contributed by atoms with Crippen LogP contribution in [0, 0.1) is 0 Å². The first-order chi connectivity index (χ1) is 13.0. The molecular formula is C20H21N3O3S. The first kappa shape index (κ1) is 18.7. The summed E-state index contributed by atoms with van der Waals surface area (Å²) >= 11 is 0. The second-order valence-electron chi connectivity index (χ2n) is 5.86. The van der Waals surface area contributed by atoms with E-state index < -0.39 is 10.0 Å². The van der Waals surface area contributed by atoms with Crippen molar-refractivity contribution in [2.75, 3.05) is 17.1 Å². The minimum Gasteiger partial charge on any atom is -0.495 e. The third-order valence-corrected chi connectivity index (χ3v) is 5.42. The lowest BCUT2D eigenvalue weighted by Gasteiger charge is -2.11. The molecule has 3 aromatic rings. The number of aromatic nitrogens is 1. The number of nitrogens with one attached hydrogen (secondary N) is 2. The largest absolute Gasteiger partial charge is 0.495 e. The second-order valence-corrected chi connectivity index (χ2v) is 7.54. The quantitative estimate of drug-likeness (QED) is 0.639. The Hall–Kier alpha value is -3.06. The minimum atomic E-state index is -3.65. The van der Waals surface area contributed by atoms with Crippen LogP contribution < -0.4 is 14.8 Å². The van der Waals surface area contributed by atoms with Gasteiger partial charge in [-0.05, 0) is 48.4 Å². The molecule has 1 aromatic heterocycles. The van der Waals surface area contributed by atoms with Gasteiger partial charge in [0.25, 0.3) is 10.0 Å². The van der Waals surface area contributed by atoms with E-state index >= 15 is 0 Å². The summed E-state index contributed by atoms with van der Waals surface area (Å²) in [5.41, 5.74) is 2.25. The van der Waals surface area contributed by atoms with E-state index in [4.69, 9.17) is 4.74 Å². The number of pyridine rings is 1. The Morgan fingerprint density at radius 1 is 1.00 bits per heavy atom. The van der Waals surface area contributed by atoms with Gasteiger partial charge in [0.05, 0.1) is 29.6 Å². The summed E-state index contributed by atoms with van der Waals surface area (Å²) in [5, 5.41) is 3.14. The van der Waals surface area contributed by atoms with Gasteiger partial charge >= 0.3 is 0 Å². The topological polar surface area (TPSA) is 80.3 Å². The molecule has 0 atom stereocenters. The number of methoxy groups -OCH3 is 1. The van der Waals surface area contributed by atoms with E-state index in [9.17, 15) is 8.42 Å². The molecule has 0 aliphatic rings. The van der Waals surface area contributed by atoms with E-state index in [0.29, 0.717) is 17.3 Å². The van der Waals surface area contributed by atoms with Crippen molar-refractivity contribution in [3.05, 3.63) is 72.4 Å². The van der Waals surface area contributed by atoms with Gasteiger partial charge in [-0.25, -0.2) is 13.4 Å². The molecular weight excluding hydrogens is 362 g/mol. The number of para-hydroxylation sites is 2.